The molecule has 1 amide bonds. The van der Waals surface area contributed by atoms with Gasteiger partial charge in [0.25, 0.3) is 5.91 Å². The molecule has 4 aromatic rings. The van der Waals surface area contributed by atoms with E-state index in [9.17, 15) is 4.79 Å². The van der Waals surface area contributed by atoms with E-state index in [0.717, 1.165) is 28.8 Å². The second-order valence-electron chi connectivity index (χ2n) is 7.43. The molecule has 3 aromatic carbocycles. The number of aromatic nitrogens is 3. The Morgan fingerprint density at radius 2 is 1.77 bits per heavy atom. The van der Waals surface area contributed by atoms with Crippen LogP contribution in [0.5, 0.6) is 0 Å². The Balaban J connectivity index is 1.77. The minimum atomic E-state index is -0.364. The van der Waals surface area contributed by atoms with Gasteiger partial charge in [-0.1, -0.05) is 60.5 Å². The van der Waals surface area contributed by atoms with Crippen molar-refractivity contribution in [3.8, 4) is 17.1 Å². The number of carbonyl (C=O) groups excluding carboxylic acids is 1. The van der Waals surface area contributed by atoms with E-state index in [1.54, 1.807) is 4.68 Å². The zero-order valence-electron chi connectivity index (χ0n) is 17.7. The van der Waals surface area contributed by atoms with Crippen LogP contribution >= 0.6 is 11.6 Å². The van der Waals surface area contributed by atoms with Gasteiger partial charge in [-0.15, -0.1) is 5.10 Å². The summed E-state index contributed by atoms with van der Waals surface area (Å²) in [7, 11) is 0. The van der Waals surface area contributed by atoms with E-state index < -0.39 is 0 Å². The Morgan fingerprint density at radius 1 is 1.03 bits per heavy atom. The van der Waals surface area contributed by atoms with Crippen molar-refractivity contribution in [1.29, 1.82) is 0 Å². The lowest BCUT2D eigenvalue weighted by Gasteiger charge is -2.10. The van der Waals surface area contributed by atoms with Crippen molar-refractivity contribution in [2.75, 3.05) is 5.32 Å². The highest BCUT2D eigenvalue weighted by Gasteiger charge is 2.20. The van der Waals surface area contributed by atoms with Crippen LogP contribution in [0.4, 0.5) is 5.69 Å². The minimum absolute atomic E-state index is 0.0930. The molecule has 0 fully saturated rings. The SMILES string of the molecule is CCc1ccc(NC(=O)c2nc(-c3cccc(C)c3)n(-c3cccc(Cl)c3C)n2)cc1. The number of aryl methyl sites for hydroxylation is 2. The summed E-state index contributed by atoms with van der Waals surface area (Å²) in [6, 6.07) is 21.3. The van der Waals surface area contributed by atoms with Crippen molar-refractivity contribution in [2.45, 2.75) is 27.2 Å². The number of nitrogens with zero attached hydrogens (tertiary/aromatic N) is 3. The van der Waals surface area contributed by atoms with Crippen LogP contribution in [0.1, 0.15) is 34.2 Å². The normalized spacial score (nSPS) is 10.8. The monoisotopic (exact) mass is 430 g/mol. The number of benzene rings is 3. The van der Waals surface area contributed by atoms with E-state index in [1.807, 2.05) is 80.6 Å². The lowest BCUT2D eigenvalue weighted by atomic mass is 10.1. The van der Waals surface area contributed by atoms with Gasteiger partial charge >= 0.3 is 0 Å². The van der Waals surface area contributed by atoms with Crippen LogP contribution in [0.25, 0.3) is 17.1 Å². The summed E-state index contributed by atoms with van der Waals surface area (Å²) in [5, 5.41) is 8.07. The lowest BCUT2D eigenvalue weighted by molar-refractivity contribution is 0.101. The Kier molecular flexibility index (Phi) is 5.87. The summed E-state index contributed by atoms with van der Waals surface area (Å²) in [6.07, 6.45) is 0.943. The van der Waals surface area contributed by atoms with Crippen LogP contribution in [0.2, 0.25) is 5.02 Å². The third kappa shape index (κ3) is 4.37. The molecule has 156 valence electrons. The highest BCUT2D eigenvalue weighted by Crippen LogP contribution is 2.27. The van der Waals surface area contributed by atoms with Gasteiger partial charge < -0.3 is 5.32 Å². The summed E-state index contributed by atoms with van der Waals surface area (Å²) in [6.45, 7) is 6.03. The molecule has 31 heavy (non-hydrogen) atoms. The van der Waals surface area contributed by atoms with Crippen molar-refractivity contribution in [3.05, 3.63) is 94.3 Å². The van der Waals surface area contributed by atoms with Crippen molar-refractivity contribution < 1.29 is 4.79 Å². The number of carbonyl (C=O) groups is 1. The van der Waals surface area contributed by atoms with E-state index >= 15 is 0 Å². The molecule has 6 heteroatoms. The Hall–Kier alpha value is -3.44. The van der Waals surface area contributed by atoms with Gasteiger partial charge in [0.05, 0.1) is 5.69 Å². The number of hydrogen-bond acceptors (Lipinski definition) is 3. The summed E-state index contributed by atoms with van der Waals surface area (Å²) in [4.78, 5) is 17.5. The molecule has 0 unspecified atom stereocenters. The van der Waals surface area contributed by atoms with Crippen LogP contribution in [0.3, 0.4) is 0 Å². The fourth-order valence-electron chi connectivity index (χ4n) is 3.38. The van der Waals surface area contributed by atoms with Gasteiger partial charge in [-0.3, -0.25) is 4.79 Å². The molecule has 0 saturated carbocycles. The van der Waals surface area contributed by atoms with E-state index in [1.165, 1.54) is 5.56 Å². The summed E-state index contributed by atoms with van der Waals surface area (Å²) < 4.78 is 1.69. The third-order valence-electron chi connectivity index (χ3n) is 5.17. The first-order chi connectivity index (χ1) is 15.0. The molecule has 0 saturated heterocycles. The van der Waals surface area contributed by atoms with Crippen molar-refractivity contribution >= 4 is 23.2 Å². The number of hydrogen-bond donors (Lipinski definition) is 1. The number of halogens is 1. The molecule has 1 N–H and O–H groups in total. The third-order valence-corrected chi connectivity index (χ3v) is 5.58. The summed E-state index contributed by atoms with van der Waals surface area (Å²) in [5.41, 5.74) is 5.52. The summed E-state index contributed by atoms with van der Waals surface area (Å²) >= 11 is 6.35. The zero-order valence-corrected chi connectivity index (χ0v) is 18.4. The number of rotatable bonds is 5. The van der Waals surface area contributed by atoms with Crippen molar-refractivity contribution in [2.24, 2.45) is 0 Å². The maximum Gasteiger partial charge on any atom is 0.295 e. The first-order valence-corrected chi connectivity index (χ1v) is 10.5. The average Bonchev–Trinajstić information content (AvgIpc) is 3.22. The molecule has 1 aromatic heterocycles. The topological polar surface area (TPSA) is 59.8 Å². The Bertz CT molecular complexity index is 1240. The molecule has 5 nitrogen and oxygen atoms in total. The molecule has 0 aliphatic carbocycles. The van der Waals surface area contributed by atoms with Crippen LogP contribution in [0, 0.1) is 13.8 Å². The van der Waals surface area contributed by atoms with E-state index in [4.69, 9.17) is 11.6 Å². The molecule has 0 bridgehead atoms. The van der Waals surface area contributed by atoms with E-state index in [2.05, 4.69) is 22.3 Å². The molecular weight excluding hydrogens is 408 g/mol. The first-order valence-electron chi connectivity index (χ1n) is 10.2. The largest absolute Gasteiger partial charge is 0.319 e. The highest BCUT2D eigenvalue weighted by atomic mass is 35.5. The zero-order chi connectivity index (χ0) is 22.0. The molecule has 1 heterocycles. The van der Waals surface area contributed by atoms with Crippen LogP contribution in [-0.2, 0) is 6.42 Å². The molecule has 0 radical (unpaired) electrons. The number of nitrogens with one attached hydrogen (secondary N) is 1. The smallest absolute Gasteiger partial charge is 0.295 e. The number of anilines is 1. The predicted octanol–water partition coefficient (Wildman–Crippen LogP) is 6.02. The fourth-order valence-corrected chi connectivity index (χ4v) is 3.55. The van der Waals surface area contributed by atoms with Crippen LogP contribution in [-0.4, -0.2) is 20.7 Å². The molecular formula is C25H23ClN4O. The van der Waals surface area contributed by atoms with Gasteiger partial charge in [0.1, 0.15) is 0 Å². The Morgan fingerprint density at radius 3 is 2.48 bits per heavy atom. The average molecular weight is 431 g/mol. The van der Waals surface area contributed by atoms with Gasteiger partial charge in [-0.25, -0.2) is 9.67 Å². The standard InChI is InChI=1S/C25H23ClN4O/c1-4-18-11-13-20(14-12-18)27-25(31)23-28-24(19-8-5-7-16(2)15-19)30(29-23)22-10-6-9-21(26)17(22)3/h5-15H,4H2,1-3H3,(H,27,31). The second kappa shape index (κ2) is 8.74. The molecule has 0 atom stereocenters. The van der Waals surface area contributed by atoms with Crippen molar-refractivity contribution in [1.82, 2.24) is 14.8 Å². The predicted molar refractivity (Wildman–Crippen MR) is 125 cm³/mol. The van der Waals surface area contributed by atoms with E-state index in [0.29, 0.717) is 16.5 Å². The Labute approximate surface area is 186 Å². The maximum atomic E-state index is 12.9. The molecule has 0 aliphatic heterocycles. The van der Waals surface area contributed by atoms with Gasteiger partial charge in [0.15, 0.2) is 5.82 Å². The van der Waals surface area contributed by atoms with Gasteiger partial charge in [-0.2, -0.15) is 0 Å². The van der Waals surface area contributed by atoms with E-state index in [-0.39, 0.29) is 11.7 Å². The van der Waals surface area contributed by atoms with Crippen LogP contribution < -0.4 is 5.32 Å². The first kappa shape index (κ1) is 20.8. The molecule has 0 aliphatic rings. The summed E-state index contributed by atoms with van der Waals surface area (Å²) in [5.74, 6) is 0.313. The minimum Gasteiger partial charge on any atom is -0.319 e. The molecule has 0 spiro atoms. The van der Waals surface area contributed by atoms with Gasteiger partial charge in [0, 0.05) is 16.3 Å². The number of amides is 1. The van der Waals surface area contributed by atoms with Gasteiger partial charge in [0.2, 0.25) is 5.82 Å². The maximum absolute atomic E-state index is 12.9. The quantitative estimate of drug-likeness (QED) is 0.421. The fraction of sp³-hybridized carbons (Fsp3) is 0.160. The van der Waals surface area contributed by atoms with Crippen LogP contribution in [0.15, 0.2) is 66.7 Å². The van der Waals surface area contributed by atoms with Gasteiger partial charge in [-0.05, 0) is 61.7 Å². The molecule has 4 rings (SSSR count). The van der Waals surface area contributed by atoms with Crippen molar-refractivity contribution in [3.63, 3.8) is 0 Å². The highest BCUT2D eigenvalue weighted by molar-refractivity contribution is 6.31. The second-order valence-corrected chi connectivity index (χ2v) is 7.84. The lowest BCUT2D eigenvalue weighted by Crippen LogP contribution is -2.14.